The van der Waals surface area contributed by atoms with Crippen molar-refractivity contribution in [3.8, 4) is 5.75 Å². The zero-order valence-corrected chi connectivity index (χ0v) is 8.06. The Morgan fingerprint density at radius 1 is 1.64 bits per heavy atom. The smallest absolute Gasteiger partial charge is 0.146 e. The van der Waals surface area contributed by atoms with Crippen molar-refractivity contribution in [1.29, 1.82) is 0 Å². The molecule has 0 unspecified atom stereocenters. The predicted molar refractivity (Wildman–Crippen MR) is 52.5 cm³/mol. The lowest BCUT2D eigenvalue weighted by molar-refractivity contribution is 0.157. The largest absolute Gasteiger partial charge is 0.491 e. The Kier molecular flexibility index (Phi) is 2.62. The molecule has 0 aliphatic carbocycles. The van der Waals surface area contributed by atoms with Crippen LogP contribution in [0.15, 0.2) is 23.5 Å². The van der Waals surface area contributed by atoms with E-state index >= 15 is 0 Å². The topological polar surface area (TPSA) is 43.7 Å². The van der Waals surface area contributed by atoms with E-state index in [0.717, 1.165) is 23.6 Å². The van der Waals surface area contributed by atoms with Crippen molar-refractivity contribution in [2.75, 3.05) is 13.2 Å². The third kappa shape index (κ3) is 1.69. The second-order valence-electron chi connectivity index (χ2n) is 2.90. The molecule has 74 valence electrons. The van der Waals surface area contributed by atoms with E-state index in [1.54, 1.807) is 6.20 Å². The van der Waals surface area contributed by atoms with E-state index in [-0.39, 0.29) is 0 Å². The highest BCUT2D eigenvalue weighted by Crippen LogP contribution is 2.22. The van der Waals surface area contributed by atoms with Gasteiger partial charge >= 0.3 is 0 Å². The fraction of sp³-hybridized carbons (Fsp3) is 0.400. The predicted octanol–water partition coefficient (Wildman–Crippen LogP) is 1.60. The van der Waals surface area contributed by atoms with Crippen molar-refractivity contribution in [3.63, 3.8) is 0 Å². The van der Waals surface area contributed by atoms with Gasteiger partial charge in [0.2, 0.25) is 0 Å². The molecular weight excluding hydrogens is 180 g/mol. The molecule has 1 aliphatic rings. The summed E-state index contributed by atoms with van der Waals surface area (Å²) in [5, 5.41) is 4.02. The third-order valence-electron chi connectivity index (χ3n) is 1.94. The molecule has 0 aromatic carbocycles. The molecule has 0 N–H and O–H groups in total. The lowest BCUT2D eigenvalue weighted by Gasteiger charge is -2.16. The molecule has 4 nitrogen and oxygen atoms in total. The number of oxime groups is 1. The number of nitrogens with zero attached hydrogens (tertiary/aromatic N) is 2. The zero-order chi connectivity index (χ0) is 9.80. The monoisotopic (exact) mass is 192 g/mol. The summed E-state index contributed by atoms with van der Waals surface area (Å²) >= 11 is 0. The van der Waals surface area contributed by atoms with Crippen LogP contribution in [-0.2, 0) is 4.84 Å². The van der Waals surface area contributed by atoms with Crippen LogP contribution < -0.4 is 4.74 Å². The van der Waals surface area contributed by atoms with Crippen molar-refractivity contribution in [3.05, 3.63) is 24.0 Å². The van der Waals surface area contributed by atoms with E-state index in [4.69, 9.17) is 9.57 Å². The van der Waals surface area contributed by atoms with Gasteiger partial charge in [0, 0.05) is 12.6 Å². The molecule has 2 rings (SSSR count). The van der Waals surface area contributed by atoms with Crippen molar-refractivity contribution >= 4 is 5.71 Å². The van der Waals surface area contributed by atoms with E-state index in [2.05, 4.69) is 10.1 Å². The van der Waals surface area contributed by atoms with Crippen molar-refractivity contribution < 1.29 is 9.57 Å². The maximum atomic E-state index is 5.43. The Morgan fingerprint density at radius 3 is 3.43 bits per heavy atom. The van der Waals surface area contributed by atoms with Crippen LogP contribution in [0, 0.1) is 0 Å². The van der Waals surface area contributed by atoms with E-state index in [1.807, 2.05) is 19.1 Å². The summed E-state index contributed by atoms with van der Waals surface area (Å²) in [6.45, 7) is 3.12. The average Bonchev–Trinajstić information content (AvgIpc) is 2.26. The van der Waals surface area contributed by atoms with Gasteiger partial charge in [-0.25, -0.2) is 0 Å². The molecule has 1 aromatic rings. The van der Waals surface area contributed by atoms with E-state index in [9.17, 15) is 0 Å². The van der Waals surface area contributed by atoms with Crippen LogP contribution in [0.3, 0.4) is 0 Å². The number of hydrogen-bond donors (Lipinski definition) is 0. The van der Waals surface area contributed by atoms with Crippen molar-refractivity contribution in [1.82, 2.24) is 4.98 Å². The Bertz CT molecular complexity index is 350. The molecule has 2 heterocycles. The third-order valence-corrected chi connectivity index (χ3v) is 1.94. The minimum Gasteiger partial charge on any atom is -0.491 e. The molecule has 0 saturated carbocycles. The summed E-state index contributed by atoms with van der Waals surface area (Å²) in [4.78, 5) is 9.24. The molecule has 0 saturated heterocycles. The summed E-state index contributed by atoms with van der Waals surface area (Å²) in [6.07, 6.45) is 2.49. The van der Waals surface area contributed by atoms with Crippen LogP contribution in [0.2, 0.25) is 0 Å². The summed E-state index contributed by atoms with van der Waals surface area (Å²) in [5.74, 6) is 0.789. The fourth-order valence-corrected chi connectivity index (χ4v) is 1.33. The number of hydrogen-bond acceptors (Lipinski definition) is 4. The van der Waals surface area contributed by atoms with Crippen LogP contribution in [0.25, 0.3) is 0 Å². The van der Waals surface area contributed by atoms with Gasteiger partial charge in [0.25, 0.3) is 0 Å². The maximum Gasteiger partial charge on any atom is 0.146 e. The second kappa shape index (κ2) is 4.09. The highest BCUT2D eigenvalue weighted by Gasteiger charge is 2.17. The Labute approximate surface area is 82.5 Å². The minimum atomic E-state index is 0.576. The van der Waals surface area contributed by atoms with E-state index in [1.165, 1.54) is 0 Å². The molecule has 1 aromatic heterocycles. The molecule has 1 aliphatic heterocycles. The zero-order valence-electron chi connectivity index (χ0n) is 8.06. The molecule has 0 fully saturated rings. The van der Waals surface area contributed by atoms with Gasteiger partial charge in [0.1, 0.15) is 23.8 Å². The first-order valence-electron chi connectivity index (χ1n) is 4.69. The van der Waals surface area contributed by atoms with E-state index < -0.39 is 0 Å². The lowest BCUT2D eigenvalue weighted by Crippen LogP contribution is -2.18. The lowest BCUT2D eigenvalue weighted by atomic mass is 10.1. The van der Waals surface area contributed by atoms with Gasteiger partial charge in [-0.2, -0.15) is 0 Å². The summed E-state index contributed by atoms with van der Waals surface area (Å²) in [5.41, 5.74) is 1.67. The van der Waals surface area contributed by atoms with Gasteiger partial charge in [0.05, 0.1) is 6.61 Å². The first kappa shape index (κ1) is 8.99. The van der Waals surface area contributed by atoms with Gasteiger partial charge in [-0.05, 0) is 19.1 Å². The Balaban J connectivity index is 2.31. The van der Waals surface area contributed by atoms with Crippen LogP contribution in [0.1, 0.15) is 19.0 Å². The maximum absolute atomic E-state index is 5.43. The standard InChI is InChI=1S/C10H12N2O2/c1-2-14-12-8-5-7-13-9-4-3-6-11-10(8)9/h3-4,6H,2,5,7H2,1H3/b12-8+. The SMILES string of the molecule is CCO/N=C1\CCOc2cccnc21. The molecule has 0 radical (unpaired) electrons. The summed E-state index contributed by atoms with van der Waals surface area (Å²) < 4.78 is 5.43. The molecule has 4 heteroatoms. The summed E-state index contributed by atoms with van der Waals surface area (Å²) in [6, 6.07) is 3.74. The van der Waals surface area contributed by atoms with Gasteiger partial charge in [-0.3, -0.25) is 4.98 Å². The molecule has 0 amide bonds. The number of fused-ring (bicyclic) bond motifs is 1. The first-order valence-corrected chi connectivity index (χ1v) is 4.69. The number of aromatic nitrogens is 1. The highest BCUT2D eigenvalue weighted by molar-refractivity contribution is 6.01. The molecule has 0 bridgehead atoms. The highest BCUT2D eigenvalue weighted by atomic mass is 16.6. The van der Waals surface area contributed by atoms with Gasteiger partial charge < -0.3 is 9.57 Å². The van der Waals surface area contributed by atoms with Crippen molar-refractivity contribution in [2.24, 2.45) is 5.16 Å². The molecule has 14 heavy (non-hydrogen) atoms. The van der Waals surface area contributed by atoms with Gasteiger partial charge in [-0.15, -0.1) is 0 Å². The van der Waals surface area contributed by atoms with E-state index in [0.29, 0.717) is 13.2 Å². The number of ether oxygens (including phenoxy) is 1. The Hall–Kier alpha value is -1.58. The minimum absolute atomic E-state index is 0.576. The first-order chi connectivity index (χ1) is 6.92. The average molecular weight is 192 g/mol. The number of pyridine rings is 1. The molecular formula is C10H12N2O2. The van der Waals surface area contributed by atoms with Crippen molar-refractivity contribution in [2.45, 2.75) is 13.3 Å². The second-order valence-corrected chi connectivity index (χ2v) is 2.90. The Morgan fingerprint density at radius 2 is 2.57 bits per heavy atom. The molecule has 0 atom stereocenters. The van der Waals surface area contributed by atoms with Crippen LogP contribution >= 0.6 is 0 Å². The van der Waals surface area contributed by atoms with Crippen LogP contribution in [0.5, 0.6) is 5.75 Å². The number of rotatable bonds is 2. The quantitative estimate of drug-likeness (QED) is 0.668. The fourth-order valence-electron chi connectivity index (χ4n) is 1.33. The van der Waals surface area contributed by atoms with Gasteiger partial charge in [-0.1, -0.05) is 5.16 Å². The normalized spacial score (nSPS) is 17.4. The van der Waals surface area contributed by atoms with Gasteiger partial charge in [0.15, 0.2) is 0 Å². The molecule has 0 spiro atoms. The van der Waals surface area contributed by atoms with Crippen LogP contribution in [0.4, 0.5) is 0 Å². The van der Waals surface area contributed by atoms with Crippen LogP contribution in [-0.4, -0.2) is 23.9 Å². The summed E-state index contributed by atoms with van der Waals surface area (Å²) in [7, 11) is 0.